The van der Waals surface area contributed by atoms with Crippen molar-refractivity contribution < 1.29 is 19.4 Å². The number of carbonyl (C=O) groups excluding carboxylic acids is 1. The molecule has 21 heavy (non-hydrogen) atoms. The van der Waals surface area contributed by atoms with Crippen molar-refractivity contribution >= 4 is 12.0 Å². The Hall–Kier alpha value is -1.30. The molecule has 6 heteroatoms. The first-order chi connectivity index (χ1) is 9.87. The summed E-state index contributed by atoms with van der Waals surface area (Å²) in [5.74, 6) is -0.883. The van der Waals surface area contributed by atoms with Crippen LogP contribution in [0.3, 0.4) is 0 Å². The molecule has 6 nitrogen and oxygen atoms in total. The smallest absolute Gasteiger partial charge is 0.320 e. The zero-order valence-electron chi connectivity index (χ0n) is 13.0. The quantitative estimate of drug-likeness (QED) is 0.844. The molecule has 0 radical (unpaired) electrons. The fraction of sp³-hybridized carbons (Fsp3) is 0.867. The lowest BCUT2D eigenvalue weighted by atomic mass is 9.85. The van der Waals surface area contributed by atoms with Gasteiger partial charge >= 0.3 is 12.0 Å². The lowest BCUT2D eigenvalue weighted by molar-refractivity contribution is -0.141. The number of nitrogens with zero attached hydrogens (tertiary/aromatic N) is 2. The van der Waals surface area contributed by atoms with E-state index in [1.54, 1.807) is 4.90 Å². The number of carboxylic acids is 1. The second-order valence-corrected chi connectivity index (χ2v) is 6.82. The highest BCUT2D eigenvalue weighted by Crippen LogP contribution is 2.30. The second-order valence-electron chi connectivity index (χ2n) is 6.82. The molecule has 2 fully saturated rings. The number of rotatable bonds is 2. The van der Waals surface area contributed by atoms with E-state index in [4.69, 9.17) is 9.84 Å². The van der Waals surface area contributed by atoms with Crippen LogP contribution in [-0.2, 0) is 9.53 Å². The van der Waals surface area contributed by atoms with Gasteiger partial charge in [0.05, 0.1) is 19.1 Å². The van der Waals surface area contributed by atoms with E-state index in [2.05, 4.69) is 13.8 Å². The zero-order chi connectivity index (χ0) is 15.5. The summed E-state index contributed by atoms with van der Waals surface area (Å²) in [7, 11) is 0. The van der Waals surface area contributed by atoms with Crippen LogP contribution in [0.2, 0.25) is 0 Å². The maximum atomic E-state index is 12.6. The number of amides is 2. The topological polar surface area (TPSA) is 70.1 Å². The average molecular weight is 298 g/mol. The Balaban J connectivity index is 1.91. The second kappa shape index (κ2) is 6.64. The Bertz CT molecular complexity index is 397. The molecule has 1 N–H and O–H groups in total. The van der Waals surface area contributed by atoms with E-state index in [0.29, 0.717) is 25.1 Å². The van der Waals surface area contributed by atoms with Gasteiger partial charge in [0.25, 0.3) is 0 Å². The molecular weight excluding hydrogens is 272 g/mol. The highest BCUT2D eigenvalue weighted by Gasteiger charge is 2.31. The van der Waals surface area contributed by atoms with Crippen LogP contribution < -0.4 is 0 Å². The molecule has 120 valence electrons. The van der Waals surface area contributed by atoms with Gasteiger partial charge in [-0.15, -0.1) is 0 Å². The van der Waals surface area contributed by atoms with Gasteiger partial charge in [-0.05, 0) is 24.7 Å². The monoisotopic (exact) mass is 298 g/mol. The Kier molecular flexibility index (Phi) is 5.08. The number of likely N-dealkylation sites (tertiary alicyclic amines) is 1. The highest BCUT2D eigenvalue weighted by molar-refractivity contribution is 5.75. The van der Waals surface area contributed by atoms with E-state index in [-0.39, 0.29) is 18.6 Å². The normalized spacial score (nSPS) is 26.3. The van der Waals surface area contributed by atoms with Crippen LogP contribution in [0.15, 0.2) is 0 Å². The minimum Gasteiger partial charge on any atom is -0.481 e. The van der Waals surface area contributed by atoms with Crippen LogP contribution in [0.5, 0.6) is 0 Å². The van der Waals surface area contributed by atoms with Crippen molar-refractivity contribution in [3.05, 3.63) is 0 Å². The summed E-state index contributed by atoms with van der Waals surface area (Å²) < 4.78 is 5.42. The molecule has 0 aromatic carbocycles. The van der Waals surface area contributed by atoms with Gasteiger partial charge in [-0.3, -0.25) is 4.79 Å². The number of carboxylic acid groups (broad SMARTS) is 1. The van der Waals surface area contributed by atoms with Gasteiger partial charge in [0, 0.05) is 26.2 Å². The predicted octanol–water partition coefficient (Wildman–Crippen LogP) is 1.79. The van der Waals surface area contributed by atoms with Gasteiger partial charge in [-0.2, -0.15) is 0 Å². The van der Waals surface area contributed by atoms with Crippen molar-refractivity contribution in [3.8, 4) is 0 Å². The molecule has 1 atom stereocenters. The van der Waals surface area contributed by atoms with Crippen LogP contribution in [0.25, 0.3) is 0 Å². The van der Waals surface area contributed by atoms with Gasteiger partial charge in [-0.1, -0.05) is 13.8 Å². The summed E-state index contributed by atoms with van der Waals surface area (Å²) in [6, 6.07) is 0.0337. The van der Waals surface area contributed by atoms with Crippen LogP contribution >= 0.6 is 0 Å². The zero-order valence-corrected chi connectivity index (χ0v) is 13.0. The first-order valence-electron chi connectivity index (χ1n) is 7.75. The van der Waals surface area contributed by atoms with Gasteiger partial charge in [-0.25, -0.2) is 4.79 Å². The minimum absolute atomic E-state index is 0.0337. The standard InChI is InChI=1S/C15H26N2O4/c1-15(2)4-3-6-16(7-5-15)14(20)17-8-9-21-12(11-17)10-13(18)19/h12H,3-11H2,1-2H3,(H,18,19). The number of urea groups is 1. The molecule has 0 aliphatic carbocycles. The minimum atomic E-state index is -0.883. The molecule has 0 saturated carbocycles. The number of aliphatic carboxylic acids is 1. The van der Waals surface area contributed by atoms with Gasteiger partial charge in [0.2, 0.25) is 0 Å². The van der Waals surface area contributed by atoms with Crippen molar-refractivity contribution in [2.45, 2.75) is 45.6 Å². The van der Waals surface area contributed by atoms with Crippen molar-refractivity contribution in [1.29, 1.82) is 0 Å². The summed E-state index contributed by atoms with van der Waals surface area (Å²) in [6.07, 6.45) is 2.75. The van der Waals surface area contributed by atoms with Gasteiger partial charge < -0.3 is 19.6 Å². The summed E-state index contributed by atoms with van der Waals surface area (Å²) in [6.45, 7) is 7.43. The summed E-state index contributed by atoms with van der Waals surface area (Å²) in [5.41, 5.74) is 0.298. The van der Waals surface area contributed by atoms with E-state index >= 15 is 0 Å². The molecule has 0 spiro atoms. The van der Waals surface area contributed by atoms with Crippen molar-refractivity contribution in [1.82, 2.24) is 9.80 Å². The Morgan fingerprint density at radius 1 is 1.19 bits per heavy atom. The van der Waals surface area contributed by atoms with Crippen LogP contribution in [-0.4, -0.2) is 65.8 Å². The summed E-state index contributed by atoms with van der Waals surface area (Å²) in [5, 5.41) is 8.84. The van der Waals surface area contributed by atoms with Crippen LogP contribution in [0.4, 0.5) is 4.79 Å². The lowest BCUT2D eigenvalue weighted by Gasteiger charge is -2.36. The van der Waals surface area contributed by atoms with E-state index in [1.165, 1.54) is 0 Å². The molecule has 2 saturated heterocycles. The maximum absolute atomic E-state index is 12.6. The Morgan fingerprint density at radius 3 is 2.67 bits per heavy atom. The molecule has 1 unspecified atom stereocenters. The van der Waals surface area contributed by atoms with Gasteiger partial charge in [0.1, 0.15) is 0 Å². The molecule has 0 bridgehead atoms. The first kappa shape index (κ1) is 16.1. The maximum Gasteiger partial charge on any atom is 0.320 e. The van der Waals surface area contributed by atoms with E-state index in [9.17, 15) is 9.59 Å². The van der Waals surface area contributed by atoms with Crippen molar-refractivity contribution in [3.63, 3.8) is 0 Å². The largest absolute Gasteiger partial charge is 0.481 e. The summed E-state index contributed by atoms with van der Waals surface area (Å²) >= 11 is 0. The molecule has 0 aromatic heterocycles. The number of ether oxygens (including phenoxy) is 1. The molecule has 2 rings (SSSR count). The van der Waals surface area contributed by atoms with Crippen LogP contribution in [0.1, 0.15) is 39.5 Å². The Labute approximate surface area is 126 Å². The molecule has 2 aliphatic rings. The van der Waals surface area contributed by atoms with E-state index in [0.717, 1.165) is 32.4 Å². The Morgan fingerprint density at radius 2 is 1.95 bits per heavy atom. The van der Waals surface area contributed by atoms with E-state index < -0.39 is 5.97 Å². The number of hydrogen-bond acceptors (Lipinski definition) is 3. The lowest BCUT2D eigenvalue weighted by Crippen LogP contribution is -2.51. The third-order valence-electron chi connectivity index (χ3n) is 4.42. The highest BCUT2D eigenvalue weighted by atomic mass is 16.5. The number of hydrogen-bond donors (Lipinski definition) is 1. The molecular formula is C15H26N2O4. The number of carbonyl (C=O) groups is 2. The van der Waals surface area contributed by atoms with Gasteiger partial charge in [0.15, 0.2) is 0 Å². The molecule has 0 aromatic rings. The van der Waals surface area contributed by atoms with E-state index in [1.807, 2.05) is 4.90 Å². The summed E-state index contributed by atoms with van der Waals surface area (Å²) in [4.78, 5) is 27.0. The molecule has 2 amide bonds. The molecule has 2 heterocycles. The van der Waals surface area contributed by atoms with Crippen LogP contribution in [0, 0.1) is 5.41 Å². The molecule has 2 aliphatic heterocycles. The number of morpholine rings is 1. The fourth-order valence-electron chi connectivity index (χ4n) is 3.03. The predicted molar refractivity (Wildman–Crippen MR) is 78.2 cm³/mol. The SMILES string of the molecule is CC1(C)CCCN(C(=O)N2CCOC(CC(=O)O)C2)CC1. The van der Waals surface area contributed by atoms with Crippen molar-refractivity contribution in [2.75, 3.05) is 32.8 Å². The average Bonchev–Trinajstić information content (AvgIpc) is 2.58. The van der Waals surface area contributed by atoms with Crippen molar-refractivity contribution in [2.24, 2.45) is 5.41 Å². The first-order valence-corrected chi connectivity index (χ1v) is 7.75. The third kappa shape index (κ3) is 4.59. The third-order valence-corrected chi connectivity index (χ3v) is 4.42. The fourth-order valence-corrected chi connectivity index (χ4v) is 3.03.